The van der Waals surface area contributed by atoms with Crippen LogP contribution in [0.15, 0.2) is 46.9 Å². The molecule has 0 aliphatic rings. The Morgan fingerprint density at radius 2 is 1.90 bits per heavy atom. The average Bonchev–Trinajstić information content (AvgIpc) is 2.48. The van der Waals surface area contributed by atoms with E-state index in [4.69, 9.17) is 9.47 Å². The number of methoxy groups -OCH3 is 1. The number of benzene rings is 2. The standard InChI is InChI=1S/C16H14BrIO3/c1-20-7-8-21-15-6-5-12(10-14(15)17)16(19)11-3-2-4-13(18)9-11/h2-6,9-10H,7-8H2,1H3. The van der Waals surface area contributed by atoms with Crippen LogP contribution in [0.1, 0.15) is 15.9 Å². The van der Waals surface area contributed by atoms with Gasteiger partial charge in [0.05, 0.1) is 11.1 Å². The maximum Gasteiger partial charge on any atom is 0.193 e. The van der Waals surface area contributed by atoms with Gasteiger partial charge in [-0.15, -0.1) is 0 Å². The van der Waals surface area contributed by atoms with Gasteiger partial charge in [-0.25, -0.2) is 0 Å². The summed E-state index contributed by atoms with van der Waals surface area (Å²) in [5.41, 5.74) is 1.31. The molecular weight excluding hydrogens is 447 g/mol. The summed E-state index contributed by atoms with van der Waals surface area (Å²) < 4.78 is 12.3. The highest BCUT2D eigenvalue weighted by atomic mass is 127. The molecule has 0 radical (unpaired) electrons. The Morgan fingerprint density at radius 3 is 2.57 bits per heavy atom. The molecule has 0 aromatic heterocycles. The molecule has 2 aromatic carbocycles. The Labute approximate surface area is 145 Å². The lowest BCUT2D eigenvalue weighted by Crippen LogP contribution is -2.06. The molecular formula is C16H14BrIO3. The van der Waals surface area contributed by atoms with Gasteiger partial charge in [0.2, 0.25) is 0 Å². The van der Waals surface area contributed by atoms with E-state index in [9.17, 15) is 4.79 Å². The average molecular weight is 461 g/mol. The smallest absolute Gasteiger partial charge is 0.193 e. The van der Waals surface area contributed by atoms with E-state index in [1.165, 1.54) is 0 Å². The summed E-state index contributed by atoms with van der Waals surface area (Å²) >= 11 is 5.63. The second-order valence-corrected chi connectivity index (χ2v) is 6.43. The van der Waals surface area contributed by atoms with Crippen LogP contribution in [0.4, 0.5) is 0 Å². The number of carbonyl (C=O) groups is 1. The van der Waals surface area contributed by atoms with Crippen molar-refractivity contribution in [3.8, 4) is 5.75 Å². The van der Waals surface area contributed by atoms with Crippen molar-refractivity contribution >= 4 is 44.3 Å². The number of carbonyl (C=O) groups excluding carboxylic acids is 1. The minimum atomic E-state index is -0.00217. The van der Waals surface area contributed by atoms with Crippen LogP contribution >= 0.6 is 38.5 Å². The van der Waals surface area contributed by atoms with Crippen molar-refractivity contribution in [1.82, 2.24) is 0 Å². The predicted octanol–water partition coefficient (Wildman–Crippen LogP) is 4.31. The van der Waals surface area contributed by atoms with Crippen LogP contribution in [-0.2, 0) is 4.74 Å². The normalized spacial score (nSPS) is 10.4. The molecule has 110 valence electrons. The number of hydrogen-bond acceptors (Lipinski definition) is 3. The van der Waals surface area contributed by atoms with Crippen LogP contribution < -0.4 is 4.74 Å². The van der Waals surface area contributed by atoms with E-state index in [2.05, 4.69) is 38.5 Å². The van der Waals surface area contributed by atoms with Crippen LogP contribution in [0.25, 0.3) is 0 Å². The molecule has 0 amide bonds. The van der Waals surface area contributed by atoms with Crippen LogP contribution in [0, 0.1) is 3.57 Å². The molecule has 0 bridgehead atoms. The van der Waals surface area contributed by atoms with Crippen LogP contribution in [0.5, 0.6) is 5.75 Å². The second-order valence-electron chi connectivity index (χ2n) is 4.33. The molecule has 5 heteroatoms. The first-order valence-corrected chi connectivity index (χ1v) is 8.20. The summed E-state index contributed by atoms with van der Waals surface area (Å²) in [6.45, 7) is 0.995. The summed E-state index contributed by atoms with van der Waals surface area (Å²) in [7, 11) is 1.63. The van der Waals surface area contributed by atoms with E-state index < -0.39 is 0 Å². The monoisotopic (exact) mass is 460 g/mol. The molecule has 3 nitrogen and oxygen atoms in total. The van der Waals surface area contributed by atoms with Gasteiger partial charge in [-0.2, -0.15) is 0 Å². The lowest BCUT2D eigenvalue weighted by molar-refractivity contribution is 0.103. The molecule has 0 fully saturated rings. The quantitative estimate of drug-likeness (QED) is 0.366. The summed E-state index contributed by atoms with van der Waals surface area (Å²) in [4.78, 5) is 12.4. The number of hydrogen-bond donors (Lipinski definition) is 0. The molecule has 0 heterocycles. The molecule has 0 N–H and O–H groups in total. The SMILES string of the molecule is COCCOc1ccc(C(=O)c2cccc(I)c2)cc1Br. The second kappa shape index (κ2) is 7.91. The number of halogens is 2. The Hall–Kier alpha value is -0.920. The number of ether oxygens (including phenoxy) is 2. The fourth-order valence-corrected chi connectivity index (χ4v) is 2.83. The first kappa shape index (κ1) is 16.5. The van der Waals surface area contributed by atoms with Crippen LogP contribution in [0.2, 0.25) is 0 Å². The predicted molar refractivity (Wildman–Crippen MR) is 94.1 cm³/mol. The van der Waals surface area contributed by atoms with Crippen molar-refractivity contribution in [2.24, 2.45) is 0 Å². The van der Waals surface area contributed by atoms with E-state index >= 15 is 0 Å². The zero-order valence-corrected chi connectivity index (χ0v) is 15.2. The molecule has 0 atom stereocenters. The Morgan fingerprint density at radius 1 is 1.14 bits per heavy atom. The maximum atomic E-state index is 12.4. The third-order valence-electron chi connectivity index (χ3n) is 2.83. The van der Waals surface area contributed by atoms with Gasteiger partial charge in [-0.05, 0) is 68.9 Å². The zero-order valence-electron chi connectivity index (χ0n) is 11.4. The molecule has 0 saturated carbocycles. The lowest BCUT2D eigenvalue weighted by Gasteiger charge is -2.09. The van der Waals surface area contributed by atoms with Gasteiger partial charge in [0.1, 0.15) is 12.4 Å². The molecule has 0 spiro atoms. The maximum absolute atomic E-state index is 12.4. The molecule has 2 aromatic rings. The Kier molecular flexibility index (Phi) is 6.20. The van der Waals surface area contributed by atoms with Gasteiger partial charge >= 0.3 is 0 Å². The summed E-state index contributed by atoms with van der Waals surface area (Å²) in [6, 6.07) is 12.9. The summed E-state index contributed by atoms with van der Waals surface area (Å²) in [5, 5.41) is 0. The molecule has 0 unspecified atom stereocenters. The van der Waals surface area contributed by atoms with E-state index in [1.807, 2.05) is 24.3 Å². The summed E-state index contributed by atoms with van der Waals surface area (Å²) in [6.07, 6.45) is 0. The van der Waals surface area contributed by atoms with Gasteiger partial charge < -0.3 is 9.47 Å². The fourth-order valence-electron chi connectivity index (χ4n) is 1.79. The van der Waals surface area contributed by atoms with Crippen molar-refractivity contribution in [3.05, 3.63) is 61.6 Å². The highest BCUT2D eigenvalue weighted by Gasteiger charge is 2.12. The summed E-state index contributed by atoms with van der Waals surface area (Å²) in [5.74, 6) is 0.698. The van der Waals surface area contributed by atoms with Crippen LogP contribution in [-0.4, -0.2) is 26.1 Å². The van der Waals surface area contributed by atoms with E-state index in [1.54, 1.807) is 25.3 Å². The lowest BCUT2D eigenvalue weighted by atomic mass is 10.0. The van der Waals surface area contributed by atoms with Crippen molar-refractivity contribution in [3.63, 3.8) is 0 Å². The Bertz CT molecular complexity index is 643. The van der Waals surface area contributed by atoms with Crippen LogP contribution in [0.3, 0.4) is 0 Å². The van der Waals surface area contributed by atoms with E-state index in [0.717, 1.165) is 8.04 Å². The first-order valence-electron chi connectivity index (χ1n) is 6.33. The molecule has 0 saturated heterocycles. The molecule has 0 aliphatic carbocycles. The topological polar surface area (TPSA) is 35.5 Å². The fraction of sp³-hybridized carbons (Fsp3) is 0.188. The van der Waals surface area contributed by atoms with Gasteiger partial charge in [-0.3, -0.25) is 4.79 Å². The van der Waals surface area contributed by atoms with E-state index in [0.29, 0.717) is 30.1 Å². The minimum Gasteiger partial charge on any atom is -0.490 e. The largest absolute Gasteiger partial charge is 0.490 e. The highest BCUT2D eigenvalue weighted by molar-refractivity contribution is 14.1. The van der Waals surface area contributed by atoms with Gasteiger partial charge in [0, 0.05) is 21.8 Å². The molecule has 2 rings (SSSR count). The van der Waals surface area contributed by atoms with Crippen molar-refractivity contribution < 1.29 is 14.3 Å². The van der Waals surface area contributed by atoms with Crippen molar-refractivity contribution in [2.45, 2.75) is 0 Å². The van der Waals surface area contributed by atoms with Crippen molar-refractivity contribution in [2.75, 3.05) is 20.3 Å². The first-order chi connectivity index (χ1) is 10.1. The van der Waals surface area contributed by atoms with E-state index in [-0.39, 0.29) is 5.78 Å². The highest BCUT2D eigenvalue weighted by Crippen LogP contribution is 2.27. The van der Waals surface area contributed by atoms with Gasteiger partial charge in [0.15, 0.2) is 5.78 Å². The number of ketones is 1. The van der Waals surface area contributed by atoms with Crippen molar-refractivity contribution in [1.29, 1.82) is 0 Å². The number of rotatable bonds is 6. The third-order valence-corrected chi connectivity index (χ3v) is 4.12. The minimum absolute atomic E-state index is 0.00217. The molecule has 0 aliphatic heterocycles. The Balaban J connectivity index is 2.17. The molecule has 21 heavy (non-hydrogen) atoms. The zero-order chi connectivity index (χ0) is 15.2. The van der Waals surface area contributed by atoms with Gasteiger partial charge in [0.25, 0.3) is 0 Å². The van der Waals surface area contributed by atoms with Gasteiger partial charge in [-0.1, -0.05) is 12.1 Å². The third kappa shape index (κ3) is 4.52.